The van der Waals surface area contributed by atoms with Gasteiger partial charge in [-0.3, -0.25) is 0 Å². The van der Waals surface area contributed by atoms with Crippen LogP contribution in [0.3, 0.4) is 0 Å². The van der Waals surface area contributed by atoms with E-state index in [1.165, 1.54) is 57.9 Å². The third-order valence-electron chi connectivity index (χ3n) is 14.7. The third-order valence-corrected chi connectivity index (χ3v) is 17.0. The van der Waals surface area contributed by atoms with Gasteiger partial charge in [0, 0.05) is 53.7 Å². The summed E-state index contributed by atoms with van der Waals surface area (Å²) in [6.45, 7) is 0.00492. The number of hydrogen-bond acceptors (Lipinski definition) is 5. The Morgan fingerprint density at radius 3 is 1.08 bits per heavy atom. The van der Waals surface area contributed by atoms with E-state index in [0.717, 1.165) is 67.2 Å². The predicted octanol–water partition coefficient (Wildman–Crippen LogP) is 17.3. The van der Waals surface area contributed by atoms with Crippen LogP contribution < -0.4 is 26.2 Å². The van der Waals surface area contributed by atoms with E-state index in [1.54, 1.807) is 0 Å². The Kier molecular flexibility index (Phi) is 11.2. The van der Waals surface area contributed by atoms with Gasteiger partial charge in [0.25, 0.3) is 0 Å². The Bertz CT molecular complexity index is 3910. The summed E-state index contributed by atoms with van der Waals surface area (Å²) < 4.78 is 0. The summed E-state index contributed by atoms with van der Waals surface area (Å²) in [5, 5.41) is 15.5. The Balaban J connectivity index is 0.966. The van der Waals surface area contributed by atoms with E-state index < -0.39 is 0 Å². The molecule has 75 heavy (non-hydrogen) atoms. The van der Waals surface area contributed by atoms with Crippen molar-refractivity contribution >= 4 is 102 Å². The number of benzene rings is 12. The highest BCUT2D eigenvalue weighted by atomic mass is 32.2. The van der Waals surface area contributed by atoms with Gasteiger partial charge in [0.2, 0.25) is 6.71 Å². The molecule has 2 aliphatic rings. The highest BCUT2D eigenvalue weighted by Gasteiger charge is 2.39. The van der Waals surface area contributed by atoms with Crippen molar-refractivity contribution in [2.45, 2.75) is 19.6 Å². The van der Waals surface area contributed by atoms with Crippen LogP contribution in [0.4, 0.5) is 34.1 Å². The Morgan fingerprint density at radius 2 is 0.667 bits per heavy atom. The molecule has 0 atom stereocenters. The lowest BCUT2D eigenvalue weighted by molar-refractivity contribution is 1.25. The molecule has 0 saturated carbocycles. The molecule has 0 aromatic heterocycles. The van der Waals surface area contributed by atoms with Gasteiger partial charge >= 0.3 is 0 Å². The predicted molar refractivity (Wildman–Crippen MR) is 318 cm³/mol. The molecule has 0 saturated heterocycles. The van der Waals surface area contributed by atoms with Gasteiger partial charge in [-0.1, -0.05) is 198 Å². The molecule has 0 unspecified atom stereocenters. The van der Waals surface area contributed by atoms with Crippen LogP contribution in [0.25, 0.3) is 54.9 Å². The van der Waals surface area contributed by atoms with E-state index >= 15 is 0 Å². The smallest absolute Gasteiger partial charge is 0.247 e. The second-order valence-corrected chi connectivity index (χ2v) is 21.3. The molecule has 350 valence electrons. The van der Waals surface area contributed by atoms with Gasteiger partial charge in [-0.25, -0.2) is 0 Å². The molecule has 0 aliphatic carbocycles. The van der Waals surface area contributed by atoms with Crippen LogP contribution in [0.2, 0.25) is 0 Å². The summed E-state index contributed by atoms with van der Waals surface area (Å²) in [6, 6.07) is 98.8. The molecule has 12 aromatic carbocycles. The molecule has 6 heteroatoms. The first-order valence-electron chi connectivity index (χ1n) is 25.3. The summed E-state index contributed by atoms with van der Waals surface area (Å²) >= 11 is 3.72. The van der Waals surface area contributed by atoms with Crippen molar-refractivity contribution in [1.29, 1.82) is 5.26 Å². The number of nitrogens with zero attached hydrogens (tertiary/aromatic N) is 3. The van der Waals surface area contributed by atoms with Gasteiger partial charge in [-0.2, -0.15) is 5.26 Å². The zero-order chi connectivity index (χ0) is 49.8. The van der Waals surface area contributed by atoms with Crippen molar-refractivity contribution in [2.24, 2.45) is 0 Å². The van der Waals surface area contributed by atoms with Gasteiger partial charge < -0.3 is 9.80 Å². The van der Waals surface area contributed by atoms with E-state index in [1.807, 2.05) is 23.5 Å². The maximum atomic E-state index is 10.9. The molecule has 14 rings (SSSR count). The fourth-order valence-corrected chi connectivity index (χ4v) is 14.0. The SMILES string of the molecule is N#Cc1cc(-c2cc3c4c(c2)Sc2cc(N(c5ccccc5)c5ccccc5)ccc2B4c2ccc(N(c4ccccc4)c4ccccc4)cc2S3)cc(-c2c3ccccc3c(-c3ccccc3)c3ccccc23)c1. The first-order chi connectivity index (χ1) is 37.1. The third kappa shape index (κ3) is 7.88. The number of nitriles is 1. The molecular formula is C69H44BN3S2. The van der Waals surface area contributed by atoms with Gasteiger partial charge in [0.1, 0.15) is 0 Å². The Labute approximate surface area is 446 Å². The Morgan fingerprint density at radius 1 is 0.307 bits per heavy atom. The standard InChI is InChI=1S/C69H44BN3S2/c71-45-46-38-48(40-50(39-46)68-59-32-18-16-30-57(59)67(47-20-6-1-7-21-47)58-31-17-19-33-60(58)68)49-41-65-69-66(42-49)75-64-44-56(73(53-26-12-4-13-27-53)54-28-14-5-15-29-54)35-37-62(64)70(69)61-36-34-55(43-63(61)74-65)72(51-22-8-2-9-23-51)52-24-10-3-11-25-52/h1-44H. The van der Waals surface area contributed by atoms with Crippen LogP contribution in [0.1, 0.15) is 5.56 Å². The quantitative estimate of drug-likeness (QED) is 0.106. The van der Waals surface area contributed by atoms with Crippen LogP contribution in [0.15, 0.2) is 287 Å². The maximum absolute atomic E-state index is 10.9. The molecule has 0 amide bonds. The van der Waals surface area contributed by atoms with Crippen molar-refractivity contribution in [3.05, 3.63) is 272 Å². The lowest BCUT2D eigenvalue weighted by Crippen LogP contribution is -2.58. The summed E-state index contributed by atoms with van der Waals surface area (Å²) in [5.41, 5.74) is 17.8. The summed E-state index contributed by atoms with van der Waals surface area (Å²) in [4.78, 5) is 9.62. The minimum atomic E-state index is 0.00492. The molecule has 0 bridgehead atoms. The molecule has 0 fully saturated rings. The van der Waals surface area contributed by atoms with E-state index in [4.69, 9.17) is 0 Å². The fourth-order valence-electron chi connectivity index (χ4n) is 11.5. The number of anilines is 6. The highest BCUT2D eigenvalue weighted by molar-refractivity contribution is 8.01. The van der Waals surface area contributed by atoms with Gasteiger partial charge in [0.15, 0.2) is 0 Å². The van der Waals surface area contributed by atoms with Gasteiger partial charge in [-0.15, -0.1) is 0 Å². The van der Waals surface area contributed by atoms with Crippen molar-refractivity contribution in [3.63, 3.8) is 0 Å². The second kappa shape index (κ2) is 18.8. The number of hydrogen-bond donors (Lipinski definition) is 0. The molecule has 12 aromatic rings. The van der Waals surface area contributed by atoms with Gasteiger partial charge in [-0.05, 0) is 164 Å². The minimum Gasteiger partial charge on any atom is -0.310 e. The first-order valence-corrected chi connectivity index (χ1v) is 27.0. The molecule has 0 spiro atoms. The molecule has 2 heterocycles. The minimum absolute atomic E-state index is 0.00492. The molecule has 3 nitrogen and oxygen atoms in total. The van der Waals surface area contributed by atoms with Crippen molar-refractivity contribution in [3.8, 4) is 39.4 Å². The van der Waals surface area contributed by atoms with E-state index in [-0.39, 0.29) is 6.71 Å². The average Bonchev–Trinajstić information content (AvgIpc) is 3.51. The summed E-state index contributed by atoms with van der Waals surface area (Å²) in [6.07, 6.45) is 0. The summed E-state index contributed by atoms with van der Waals surface area (Å²) in [7, 11) is 0. The van der Waals surface area contributed by atoms with Crippen LogP contribution in [0.5, 0.6) is 0 Å². The Hall–Kier alpha value is -8.99. The lowest BCUT2D eigenvalue weighted by Gasteiger charge is -2.35. The van der Waals surface area contributed by atoms with Crippen molar-refractivity contribution in [2.75, 3.05) is 9.80 Å². The van der Waals surface area contributed by atoms with Crippen LogP contribution in [0, 0.1) is 11.3 Å². The number of fused-ring (bicyclic) bond motifs is 6. The number of rotatable bonds is 9. The number of para-hydroxylation sites is 4. The van der Waals surface area contributed by atoms with E-state index in [2.05, 4.69) is 283 Å². The van der Waals surface area contributed by atoms with Crippen molar-refractivity contribution in [1.82, 2.24) is 0 Å². The zero-order valence-corrected chi connectivity index (χ0v) is 42.3. The maximum Gasteiger partial charge on any atom is 0.247 e. The van der Waals surface area contributed by atoms with E-state index in [0.29, 0.717) is 5.56 Å². The largest absolute Gasteiger partial charge is 0.310 e. The molecule has 2 aliphatic heterocycles. The average molecular weight is 990 g/mol. The van der Waals surface area contributed by atoms with E-state index in [9.17, 15) is 5.26 Å². The molecular weight excluding hydrogens is 946 g/mol. The molecule has 0 radical (unpaired) electrons. The van der Waals surface area contributed by atoms with Crippen LogP contribution >= 0.6 is 23.5 Å². The normalized spacial score (nSPS) is 12.1. The zero-order valence-electron chi connectivity index (χ0n) is 40.6. The molecule has 0 N–H and O–H groups in total. The summed E-state index contributed by atoms with van der Waals surface area (Å²) in [5.74, 6) is 0. The fraction of sp³-hybridized carbons (Fsp3) is 0. The van der Waals surface area contributed by atoms with Crippen LogP contribution in [-0.2, 0) is 0 Å². The monoisotopic (exact) mass is 989 g/mol. The van der Waals surface area contributed by atoms with Crippen LogP contribution in [-0.4, -0.2) is 6.71 Å². The topological polar surface area (TPSA) is 30.3 Å². The highest BCUT2D eigenvalue weighted by Crippen LogP contribution is 2.48. The van der Waals surface area contributed by atoms with Crippen molar-refractivity contribution < 1.29 is 0 Å². The second-order valence-electron chi connectivity index (χ2n) is 19.1. The van der Waals surface area contributed by atoms with Gasteiger partial charge in [0.05, 0.1) is 11.6 Å². The lowest BCUT2D eigenvalue weighted by atomic mass is 9.36. The first kappa shape index (κ1) is 44.7.